The molecule has 2 N–H and O–H groups in total. The van der Waals surface area contributed by atoms with E-state index in [-0.39, 0.29) is 24.1 Å². The van der Waals surface area contributed by atoms with Crippen LogP contribution >= 0.6 is 0 Å². The highest BCUT2D eigenvalue weighted by atomic mass is 28.3. The largest absolute Gasteiger partial charge is 0.425 e. The molecule has 0 radical (unpaired) electrons. The topological polar surface area (TPSA) is 106 Å². The molecule has 0 aliphatic heterocycles. The van der Waals surface area contributed by atoms with Crippen LogP contribution in [0.2, 0.25) is 19.6 Å². The van der Waals surface area contributed by atoms with Crippen molar-refractivity contribution in [3.63, 3.8) is 0 Å². The van der Waals surface area contributed by atoms with Crippen LogP contribution in [0.4, 0.5) is 11.4 Å². The molecule has 2 aromatic carbocycles. The van der Waals surface area contributed by atoms with Crippen LogP contribution in [0.1, 0.15) is 24.3 Å². The monoisotopic (exact) mass is 466 g/mol. The number of benzene rings is 2. The summed E-state index contributed by atoms with van der Waals surface area (Å²) >= 11 is 0. The fraction of sp³-hybridized carbons (Fsp3) is 0.333. The van der Waals surface area contributed by atoms with Crippen molar-refractivity contribution in [3.8, 4) is 11.1 Å². The highest BCUT2D eigenvalue weighted by Gasteiger charge is 2.26. The number of carbonyl (C=O) groups excluding carboxylic acids is 2. The third kappa shape index (κ3) is 6.14. The van der Waals surface area contributed by atoms with Gasteiger partial charge in [-0.15, -0.1) is 10.2 Å². The van der Waals surface area contributed by atoms with Crippen molar-refractivity contribution in [2.45, 2.75) is 46.5 Å². The maximum absolute atomic E-state index is 13.0. The maximum Gasteiger partial charge on any atom is 0.233 e. The molecule has 9 heteroatoms. The Balaban J connectivity index is 2.13. The van der Waals surface area contributed by atoms with Gasteiger partial charge in [-0.1, -0.05) is 55.2 Å². The van der Waals surface area contributed by atoms with Crippen LogP contribution in [-0.4, -0.2) is 37.2 Å². The Labute approximate surface area is 194 Å². The smallest absolute Gasteiger partial charge is 0.233 e. The van der Waals surface area contributed by atoms with Gasteiger partial charge in [0.25, 0.3) is 0 Å². The molecule has 3 rings (SSSR count). The third-order valence-electron chi connectivity index (χ3n) is 5.02. The molecule has 0 fully saturated rings. The molecule has 0 saturated carbocycles. The van der Waals surface area contributed by atoms with E-state index in [1.807, 2.05) is 36.4 Å². The summed E-state index contributed by atoms with van der Waals surface area (Å²) in [5, 5.41) is 14.7. The summed E-state index contributed by atoms with van der Waals surface area (Å²) in [5.41, 5.74) is 4.00. The first-order valence-electron chi connectivity index (χ1n) is 10.7. The molecule has 3 aromatic rings. The summed E-state index contributed by atoms with van der Waals surface area (Å²) in [5.74, 6) is 0.0996. The molecule has 0 aliphatic carbocycles. The maximum atomic E-state index is 13.0. The molecular weight excluding hydrogens is 436 g/mol. The van der Waals surface area contributed by atoms with E-state index in [9.17, 15) is 9.59 Å². The summed E-state index contributed by atoms with van der Waals surface area (Å²) in [6, 6.07) is 11.9. The van der Waals surface area contributed by atoms with Crippen molar-refractivity contribution in [1.82, 2.24) is 10.2 Å². The molecule has 8 nitrogen and oxygen atoms in total. The van der Waals surface area contributed by atoms with E-state index in [1.54, 1.807) is 14.0 Å². The van der Waals surface area contributed by atoms with E-state index in [0.29, 0.717) is 23.9 Å². The fourth-order valence-electron chi connectivity index (χ4n) is 3.62. The first kappa shape index (κ1) is 24.3. The Kier molecular flexibility index (Phi) is 7.45. The van der Waals surface area contributed by atoms with E-state index in [0.717, 1.165) is 16.7 Å². The van der Waals surface area contributed by atoms with Crippen molar-refractivity contribution in [3.05, 3.63) is 53.7 Å². The quantitative estimate of drug-likeness (QED) is 0.488. The molecule has 1 aromatic heterocycles. The number of anilines is 2. The zero-order chi connectivity index (χ0) is 24.2. The number of aromatic nitrogens is 2. The van der Waals surface area contributed by atoms with Crippen LogP contribution in [0.15, 0.2) is 40.8 Å². The summed E-state index contributed by atoms with van der Waals surface area (Å²) < 4.78 is 10.6. The van der Waals surface area contributed by atoms with Gasteiger partial charge in [-0.2, -0.15) is 0 Å². The van der Waals surface area contributed by atoms with Gasteiger partial charge in [0.2, 0.25) is 23.6 Å². The van der Waals surface area contributed by atoms with Gasteiger partial charge in [-0.3, -0.25) is 9.59 Å². The second kappa shape index (κ2) is 10.1. The minimum Gasteiger partial charge on any atom is -0.425 e. The third-order valence-corrected chi connectivity index (χ3v) is 7.05. The zero-order valence-corrected chi connectivity index (χ0v) is 20.9. The minimum atomic E-state index is -1.84. The van der Waals surface area contributed by atoms with Crippen molar-refractivity contribution in [1.29, 1.82) is 0 Å². The summed E-state index contributed by atoms with van der Waals surface area (Å²) in [6.45, 7) is 10.4. The number of nitrogens with one attached hydrogen (secondary N) is 2. The van der Waals surface area contributed by atoms with Crippen LogP contribution in [0.3, 0.4) is 0 Å². The van der Waals surface area contributed by atoms with Crippen LogP contribution in [0.5, 0.6) is 0 Å². The number of amides is 2. The highest BCUT2D eigenvalue weighted by Crippen LogP contribution is 2.35. The van der Waals surface area contributed by atoms with Gasteiger partial charge in [-0.05, 0) is 17.2 Å². The predicted molar refractivity (Wildman–Crippen MR) is 131 cm³/mol. The Hall–Kier alpha value is -3.30. The van der Waals surface area contributed by atoms with E-state index < -0.39 is 8.07 Å². The van der Waals surface area contributed by atoms with Gasteiger partial charge in [0.15, 0.2) is 0 Å². The van der Waals surface area contributed by atoms with Gasteiger partial charge in [-0.25, -0.2) is 0 Å². The van der Waals surface area contributed by atoms with Gasteiger partial charge in [0.05, 0.1) is 26.1 Å². The lowest BCUT2D eigenvalue weighted by Gasteiger charge is -2.26. The van der Waals surface area contributed by atoms with Crippen molar-refractivity contribution in [2.24, 2.45) is 0 Å². The molecule has 0 spiro atoms. The van der Waals surface area contributed by atoms with Gasteiger partial charge in [0.1, 0.15) is 6.42 Å². The fourth-order valence-corrected chi connectivity index (χ4v) is 5.22. The number of aryl methyl sites for hydroxylation is 1. The molecule has 174 valence electrons. The standard InChI is InChI=1S/C24H30N4O4Si/c1-15(29)25-19-11-12-20(33(4,5)6)23(18-9-7-17(8-10-18)14-31-3)24(19)26-21(30)13-22-28-27-16(2)32-22/h7-12H,13-14H2,1-6H3,(H,25,29)(H,26,30). The van der Waals surface area contributed by atoms with Crippen LogP contribution in [0, 0.1) is 6.92 Å². The first-order valence-corrected chi connectivity index (χ1v) is 14.2. The molecule has 2 amide bonds. The Morgan fingerprint density at radius 1 is 1.03 bits per heavy atom. The number of hydrogen-bond acceptors (Lipinski definition) is 6. The second-order valence-electron chi connectivity index (χ2n) is 8.91. The van der Waals surface area contributed by atoms with E-state index >= 15 is 0 Å². The van der Waals surface area contributed by atoms with E-state index in [4.69, 9.17) is 9.15 Å². The average Bonchev–Trinajstić information content (AvgIpc) is 3.13. The van der Waals surface area contributed by atoms with E-state index in [2.05, 4.69) is 40.5 Å². The Bertz CT molecular complexity index is 1150. The van der Waals surface area contributed by atoms with Crippen molar-refractivity contribution >= 4 is 36.4 Å². The molecule has 0 bridgehead atoms. The molecule has 33 heavy (non-hydrogen) atoms. The van der Waals surface area contributed by atoms with Crippen molar-refractivity contribution in [2.75, 3.05) is 17.7 Å². The molecule has 0 aliphatic rings. The number of hydrogen-bond donors (Lipinski definition) is 2. The van der Waals surface area contributed by atoms with Gasteiger partial charge < -0.3 is 19.8 Å². The number of rotatable bonds is 8. The number of carbonyl (C=O) groups is 2. The van der Waals surface area contributed by atoms with Crippen LogP contribution in [0.25, 0.3) is 11.1 Å². The highest BCUT2D eigenvalue weighted by molar-refractivity contribution is 6.89. The minimum absolute atomic E-state index is 0.0657. The van der Waals surface area contributed by atoms with Crippen LogP contribution in [-0.2, 0) is 27.4 Å². The predicted octanol–water partition coefficient (Wildman–Crippen LogP) is 3.88. The number of nitrogens with zero attached hydrogens (tertiary/aromatic N) is 2. The molecule has 1 heterocycles. The van der Waals surface area contributed by atoms with Gasteiger partial charge in [0, 0.05) is 26.5 Å². The Morgan fingerprint density at radius 3 is 2.27 bits per heavy atom. The number of ether oxygens (including phenoxy) is 1. The summed E-state index contributed by atoms with van der Waals surface area (Å²) in [4.78, 5) is 24.9. The normalized spacial score (nSPS) is 11.3. The van der Waals surface area contributed by atoms with E-state index in [1.165, 1.54) is 12.1 Å². The van der Waals surface area contributed by atoms with Crippen LogP contribution < -0.4 is 15.8 Å². The summed E-state index contributed by atoms with van der Waals surface area (Å²) in [7, 11) is -0.176. The zero-order valence-electron chi connectivity index (χ0n) is 19.9. The summed E-state index contributed by atoms with van der Waals surface area (Å²) in [6.07, 6.45) is -0.0657. The number of methoxy groups -OCH3 is 1. The Morgan fingerprint density at radius 2 is 1.73 bits per heavy atom. The molecule has 0 atom stereocenters. The lowest BCUT2D eigenvalue weighted by atomic mass is 10.0. The average molecular weight is 467 g/mol. The molecule has 0 unspecified atom stereocenters. The van der Waals surface area contributed by atoms with Gasteiger partial charge >= 0.3 is 0 Å². The first-order chi connectivity index (χ1) is 15.6. The molecular formula is C24H30N4O4Si. The SMILES string of the molecule is COCc1ccc(-c2c([Si](C)(C)C)ccc(NC(C)=O)c2NC(=O)Cc2nnc(C)o2)cc1. The molecule has 0 saturated heterocycles. The van der Waals surface area contributed by atoms with Crippen molar-refractivity contribution < 1.29 is 18.7 Å². The lowest BCUT2D eigenvalue weighted by molar-refractivity contribution is -0.116. The lowest BCUT2D eigenvalue weighted by Crippen LogP contribution is -2.39. The second-order valence-corrected chi connectivity index (χ2v) is 14.0.